The third-order valence-electron chi connectivity index (χ3n) is 1.84. The predicted molar refractivity (Wildman–Crippen MR) is 66.4 cm³/mol. The third kappa shape index (κ3) is 2.21. The molecule has 0 atom stereocenters. The Morgan fingerprint density at radius 1 is 1.53 bits per heavy atom. The lowest BCUT2D eigenvalue weighted by Crippen LogP contribution is -1.96. The van der Waals surface area contributed by atoms with Gasteiger partial charge in [-0.1, -0.05) is 0 Å². The van der Waals surface area contributed by atoms with Gasteiger partial charge in [0, 0.05) is 17.7 Å². The highest BCUT2D eigenvalue weighted by molar-refractivity contribution is 9.13. The normalized spacial score (nSPS) is 10.6. The van der Waals surface area contributed by atoms with Gasteiger partial charge in [-0.2, -0.15) is 5.10 Å². The van der Waals surface area contributed by atoms with E-state index in [1.54, 1.807) is 24.1 Å². The van der Waals surface area contributed by atoms with Crippen LogP contribution in [0.25, 0.3) is 0 Å². The molecule has 0 unspecified atom stereocenters. The Balaban J connectivity index is 2.36. The lowest BCUT2D eigenvalue weighted by atomic mass is 10.2. The smallest absolute Gasteiger partial charge is 0.206 e. The maximum Gasteiger partial charge on any atom is 0.206 e. The van der Waals surface area contributed by atoms with Crippen molar-refractivity contribution in [3.63, 3.8) is 0 Å². The van der Waals surface area contributed by atoms with Crippen LogP contribution in [0.5, 0.6) is 0 Å². The SMILES string of the molecule is Cn1cc(C(=O)c2cc(Br)c(Br)s2)cn1. The van der Waals surface area contributed by atoms with Gasteiger partial charge < -0.3 is 0 Å². The molecule has 3 nitrogen and oxygen atoms in total. The van der Waals surface area contributed by atoms with Gasteiger partial charge in [0.25, 0.3) is 0 Å². The summed E-state index contributed by atoms with van der Waals surface area (Å²) in [5, 5.41) is 3.97. The average Bonchev–Trinajstić information content (AvgIpc) is 2.74. The summed E-state index contributed by atoms with van der Waals surface area (Å²) in [6.45, 7) is 0. The molecule has 0 saturated carbocycles. The summed E-state index contributed by atoms with van der Waals surface area (Å²) < 4.78 is 3.44. The number of rotatable bonds is 2. The number of aromatic nitrogens is 2. The molecule has 0 fully saturated rings. The molecule has 0 aliphatic carbocycles. The number of halogens is 2. The van der Waals surface area contributed by atoms with Crippen LogP contribution in [-0.4, -0.2) is 15.6 Å². The Bertz CT molecular complexity index is 498. The van der Waals surface area contributed by atoms with Gasteiger partial charge in [-0.3, -0.25) is 9.48 Å². The van der Waals surface area contributed by atoms with Crippen molar-refractivity contribution < 1.29 is 4.79 Å². The van der Waals surface area contributed by atoms with Gasteiger partial charge in [0.2, 0.25) is 5.78 Å². The predicted octanol–water partition coefficient (Wildman–Crippen LogP) is 3.24. The molecule has 0 N–H and O–H groups in total. The number of carbonyl (C=O) groups is 1. The summed E-state index contributed by atoms with van der Waals surface area (Å²) in [6.07, 6.45) is 3.29. The average molecular weight is 350 g/mol. The van der Waals surface area contributed by atoms with Crippen LogP contribution >= 0.6 is 43.2 Å². The van der Waals surface area contributed by atoms with Crippen molar-refractivity contribution in [2.45, 2.75) is 0 Å². The fourth-order valence-electron chi connectivity index (χ4n) is 1.14. The monoisotopic (exact) mass is 348 g/mol. The van der Waals surface area contributed by atoms with E-state index in [9.17, 15) is 4.79 Å². The van der Waals surface area contributed by atoms with Crippen LogP contribution < -0.4 is 0 Å². The first-order chi connectivity index (χ1) is 7.08. The van der Waals surface area contributed by atoms with Crippen LogP contribution in [-0.2, 0) is 7.05 Å². The molecule has 0 amide bonds. The molecule has 2 rings (SSSR count). The van der Waals surface area contributed by atoms with Gasteiger partial charge in [-0.15, -0.1) is 11.3 Å². The molecule has 78 valence electrons. The van der Waals surface area contributed by atoms with E-state index >= 15 is 0 Å². The molecule has 0 aliphatic rings. The summed E-state index contributed by atoms with van der Waals surface area (Å²) in [5.74, 6) is -0.000463. The molecular weight excluding hydrogens is 344 g/mol. The Kier molecular flexibility index (Phi) is 3.08. The number of hydrogen-bond donors (Lipinski definition) is 0. The van der Waals surface area contributed by atoms with E-state index in [0.717, 1.165) is 8.26 Å². The van der Waals surface area contributed by atoms with Crippen molar-refractivity contribution in [1.82, 2.24) is 9.78 Å². The van der Waals surface area contributed by atoms with Gasteiger partial charge in [0.1, 0.15) is 0 Å². The molecular formula is C9H6Br2N2OS. The zero-order valence-electron chi connectivity index (χ0n) is 7.70. The maximum atomic E-state index is 11.9. The number of nitrogens with zero attached hydrogens (tertiary/aromatic N) is 2. The Labute approximate surface area is 107 Å². The first-order valence-corrected chi connectivity index (χ1v) is 6.46. The topological polar surface area (TPSA) is 34.9 Å². The highest BCUT2D eigenvalue weighted by Crippen LogP contribution is 2.33. The van der Waals surface area contributed by atoms with Crippen molar-refractivity contribution in [2.75, 3.05) is 0 Å². The van der Waals surface area contributed by atoms with Crippen LogP contribution in [0.1, 0.15) is 15.2 Å². The molecule has 2 heterocycles. The Morgan fingerprint density at radius 2 is 2.27 bits per heavy atom. The van der Waals surface area contributed by atoms with E-state index in [1.165, 1.54) is 11.3 Å². The lowest BCUT2D eigenvalue weighted by Gasteiger charge is -1.90. The van der Waals surface area contributed by atoms with Crippen molar-refractivity contribution in [1.29, 1.82) is 0 Å². The summed E-state index contributed by atoms with van der Waals surface area (Å²) in [4.78, 5) is 12.6. The minimum atomic E-state index is -0.000463. The largest absolute Gasteiger partial charge is 0.288 e. The Morgan fingerprint density at radius 3 is 2.73 bits per heavy atom. The van der Waals surface area contributed by atoms with Gasteiger partial charge in [0.15, 0.2) is 0 Å². The number of thiophene rings is 1. The first-order valence-electron chi connectivity index (χ1n) is 4.06. The quantitative estimate of drug-likeness (QED) is 0.780. The molecule has 2 aromatic rings. The standard InChI is InChI=1S/C9H6Br2N2OS/c1-13-4-5(3-12-13)8(14)7-2-6(10)9(11)15-7/h2-4H,1H3. The van der Waals surface area contributed by atoms with Crippen molar-refractivity contribution in [3.8, 4) is 0 Å². The molecule has 0 aliphatic heterocycles. The van der Waals surface area contributed by atoms with Crippen LogP contribution in [0.15, 0.2) is 26.7 Å². The Hall–Kier alpha value is -0.460. The second-order valence-electron chi connectivity index (χ2n) is 2.96. The van der Waals surface area contributed by atoms with Crippen molar-refractivity contribution >= 4 is 49.0 Å². The molecule has 2 aromatic heterocycles. The number of carbonyl (C=O) groups excluding carboxylic acids is 1. The first kappa shape index (κ1) is 11.0. The molecule has 0 saturated heterocycles. The van der Waals surface area contributed by atoms with Gasteiger partial charge >= 0.3 is 0 Å². The zero-order valence-corrected chi connectivity index (χ0v) is 11.7. The van der Waals surface area contributed by atoms with Crippen molar-refractivity contribution in [2.24, 2.45) is 7.05 Å². The number of hydrogen-bond acceptors (Lipinski definition) is 3. The minimum absolute atomic E-state index is 0.000463. The molecule has 15 heavy (non-hydrogen) atoms. The van der Waals surface area contributed by atoms with Crippen LogP contribution in [0.3, 0.4) is 0 Å². The fraction of sp³-hybridized carbons (Fsp3) is 0.111. The van der Waals surface area contributed by atoms with E-state index < -0.39 is 0 Å². The van der Waals surface area contributed by atoms with E-state index in [0.29, 0.717) is 10.4 Å². The lowest BCUT2D eigenvalue weighted by molar-refractivity contribution is 0.104. The second-order valence-corrected chi connectivity index (χ2v) is 6.19. The van der Waals surface area contributed by atoms with Crippen LogP contribution in [0.4, 0.5) is 0 Å². The minimum Gasteiger partial charge on any atom is -0.288 e. The van der Waals surface area contributed by atoms with Crippen LogP contribution in [0.2, 0.25) is 0 Å². The molecule has 0 aromatic carbocycles. The van der Waals surface area contributed by atoms with E-state index in [2.05, 4.69) is 37.0 Å². The third-order valence-corrected chi connectivity index (χ3v) is 5.09. The van der Waals surface area contributed by atoms with Crippen LogP contribution in [0, 0.1) is 0 Å². The summed E-state index contributed by atoms with van der Waals surface area (Å²) in [5.41, 5.74) is 0.610. The highest BCUT2D eigenvalue weighted by Gasteiger charge is 2.15. The van der Waals surface area contributed by atoms with E-state index in [1.807, 2.05) is 6.07 Å². The molecule has 0 radical (unpaired) electrons. The summed E-state index contributed by atoms with van der Waals surface area (Å²) >= 11 is 8.12. The van der Waals surface area contributed by atoms with E-state index in [4.69, 9.17) is 0 Å². The second kappa shape index (κ2) is 4.19. The van der Waals surface area contributed by atoms with Gasteiger partial charge in [0.05, 0.1) is 20.4 Å². The summed E-state index contributed by atoms with van der Waals surface area (Å²) in [7, 11) is 1.79. The van der Waals surface area contributed by atoms with Gasteiger partial charge in [-0.25, -0.2) is 0 Å². The molecule has 6 heteroatoms. The number of aryl methyl sites for hydroxylation is 1. The summed E-state index contributed by atoms with van der Waals surface area (Å²) in [6, 6.07) is 1.81. The highest BCUT2D eigenvalue weighted by atomic mass is 79.9. The maximum absolute atomic E-state index is 11.9. The van der Waals surface area contributed by atoms with Gasteiger partial charge in [-0.05, 0) is 37.9 Å². The fourth-order valence-corrected chi connectivity index (χ4v) is 3.14. The van der Waals surface area contributed by atoms with Crippen molar-refractivity contribution in [3.05, 3.63) is 37.2 Å². The zero-order chi connectivity index (χ0) is 11.0. The van der Waals surface area contributed by atoms with E-state index in [-0.39, 0.29) is 5.78 Å². The molecule has 0 spiro atoms. The number of ketones is 1. The molecule has 0 bridgehead atoms.